The Labute approximate surface area is 160 Å². The molecule has 0 unspecified atom stereocenters. The normalized spacial score (nSPS) is 13.1. The number of benzene rings is 1. The zero-order chi connectivity index (χ0) is 19.1. The zero-order valence-corrected chi connectivity index (χ0v) is 16.3. The van der Waals surface area contributed by atoms with Gasteiger partial charge in [0.25, 0.3) is 5.22 Å². The van der Waals surface area contributed by atoms with E-state index in [1.807, 2.05) is 13.8 Å². The molecule has 0 aliphatic rings. The number of esters is 1. The van der Waals surface area contributed by atoms with E-state index in [0.717, 1.165) is 23.7 Å². The molecule has 9 heteroatoms. The number of nitrogens with one attached hydrogen (secondary N) is 1. The summed E-state index contributed by atoms with van der Waals surface area (Å²) in [6, 6.07) is 6.31. The number of methoxy groups -OCH3 is 1. The van der Waals surface area contributed by atoms with Crippen LogP contribution in [0.1, 0.15) is 20.3 Å². The first-order chi connectivity index (χ1) is 12.4. The summed E-state index contributed by atoms with van der Waals surface area (Å²) >= 11 is 6.94. The molecule has 2 aromatic rings. The fourth-order valence-electron chi connectivity index (χ4n) is 2.12. The monoisotopic (exact) mass is 397 g/mol. The van der Waals surface area contributed by atoms with Gasteiger partial charge in [-0.3, -0.25) is 4.79 Å². The molecule has 140 valence electrons. The molecule has 1 N–H and O–H groups in total. The summed E-state index contributed by atoms with van der Waals surface area (Å²) in [6.45, 7) is 3.82. The Morgan fingerprint density at radius 3 is 2.62 bits per heavy atom. The molecule has 0 aliphatic heterocycles. The van der Waals surface area contributed by atoms with Gasteiger partial charge in [0.1, 0.15) is 6.04 Å². The van der Waals surface area contributed by atoms with E-state index >= 15 is 0 Å². The molecular weight excluding hydrogens is 378 g/mol. The van der Waals surface area contributed by atoms with Crippen LogP contribution in [0.2, 0.25) is 5.02 Å². The average Bonchev–Trinajstić information content (AvgIpc) is 3.12. The molecule has 2 rings (SSSR count). The van der Waals surface area contributed by atoms with Crippen LogP contribution >= 0.6 is 23.4 Å². The van der Waals surface area contributed by atoms with Crippen LogP contribution in [0.3, 0.4) is 0 Å². The predicted molar refractivity (Wildman–Crippen MR) is 98.9 cm³/mol. The standard InChI is InChI=1S/C17H20ClN3O4S/c1-4-10(2)14(16(23)24-3)19-13(22)9-26-17-21-20-15(25-17)11-5-7-12(18)8-6-11/h5-8,10,14H,4,9H2,1-3H3,(H,19,22)/t10-,14+/m1/s1. The van der Waals surface area contributed by atoms with Crippen LogP contribution in [-0.4, -0.2) is 41.0 Å². The Balaban J connectivity index is 1.92. The minimum Gasteiger partial charge on any atom is -0.467 e. The first-order valence-corrected chi connectivity index (χ1v) is 9.40. The number of ether oxygens (including phenoxy) is 1. The number of carbonyl (C=O) groups excluding carboxylic acids is 2. The summed E-state index contributed by atoms with van der Waals surface area (Å²) in [5.41, 5.74) is 0.737. The SMILES string of the molecule is CC[C@@H](C)[C@H](NC(=O)CSc1nnc(-c2ccc(Cl)cc2)o1)C(=O)OC. The lowest BCUT2D eigenvalue weighted by Crippen LogP contribution is -2.46. The van der Waals surface area contributed by atoms with E-state index in [0.29, 0.717) is 10.9 Å². The van der Waals surface area contributed by atoms with Gasteiger partial charge in [0.15, 0.2) is 0 Å². The number of carbonyl (C=O) groups is 2. The second kappa shape index (κ2) is 9.59. The fourth-order valence-corrected chi connectivity index (χ4v) is 2.82. The maximum absolute atomic E-state index is 12.1. The van der Waals surface area contributed by atoms with Gasteiger partial charge < -0.3 is 14.5 Å². The number of amides is 1. The lowest BCUT2D eigenvalue weighted by atomic mass is 9.99. The highest BCUT2D eigenvalue weighted by Crippen LogP contribution is 2.24. The molecule has 0 fully saturated rings. The lowest BCUT2D eigenvalue weighted by molar-refractivity contribution is -0.146. The van der Waals surface area contributed by atoms with Gasteiger partial charge in [0, 0.05) is 10.6 Å². The quantitative estimate of drug-likeness (QED) is 0.539. The molecule has 1 heterocycles. The van der Waals surface area contributed by atoms with Gasteiger partial charge >= 0.3 is 5.97 Å². The number of hydrogen-bond donors (Lipinski definition) is 1. The third kappa shape index (κ3) is 5.47. The lowest BCUT2D eigenvalue weighted by Gasteiger charge is -2.21. The largest absolute Gasteiger partial charge is 0.467 e. The maximum Gasteiger partial charge on any atom is 0.328 e. The number of thioether (sulfide) groups is 1. The molecule has 1 aromatic heterocycles. The smallest absolute Gasteiger partial charge is 0.328 e. The van der Waals surface area contributed by atoms with Crippen LogP contribution < -0.4 is 5.32 Å². The van der Waals surface area contributed by atoms with Gasteiger partial charge in [-0.25, -0.2) is 4.79 Å². The van der Waals surface area contributed by atoms with Gasteiger partial charge in [-0.1, -0.05) is 43.6 Å². The van der Waals surface area contributed by atoms with Crippen molar-refractivity contribution < 1.29 is 18.7 Å². The van der Waals surface area contributed by atoms with Crippen LogP contribution in [0.5, 0.6) is 0 Å². The summed E-state index contributed by atoms with van der Waals surface area (Å²) in [6.07, 6.45) is 0.737. The highest BCUT2D eigenvalue weighted by Gasteiger charge is 2.26. The van der Waals surface area contributed by atoms with Crippen molar-refractivity contribution in [1.29, 1.82) is 0 Å². The Morgan fingerprint density at radius 1 is 1.31 bits per heavy atom. The van der Waals surface area contributed by atoms with E-state index in [2.05, 4.69) is 15.5 Å². The van der Waals surface area contributed by atoms with Crippen molar-refractivity contribution in [2.75, 3.05) is 12.9 Å². The van der Waals surface area contributed by atoms with Crippen LogP contribution in [-0.2, 0) is 14.3 Å². The van der Waals surface area contributed by atoms with Crippen LogP contribution in [0.15, 0.2) is 33.9 Å². The molecule has 0 aliphatic carbocycles. The van der Waals surface area contributed by atoms with Crippen molar-refractivity contribution in [2.24, 2.45) is 5.92 Å². The Bertz CT molecular complexity index is 751. The van der Waals surface area contributed by atoms with Crippen molar-refractivity contribution in [3.8, 4) is 11.5 Å². The fraction of sp³-hybridized carbons (Fsp3) is 0.412. The summed E-state index contributed by atoms with van der Waals surface area (Å²) in [4.78, 5) is 23.9. The van der Waals surface area contributed by atoms with Crippen molar-refractivity contribution >= 4 is 35.2 Å². The van der Waals surface area contributed by atoms with Gasteiger partial charge in [0.05, 0.1) is 12.9 Å². The van der Waals surface area contributed by atoms with E-state index in [1.165, 1.54) is 7.11 Å². The summed E-state index contributed by atoms with van der Waals surface area (Å²) in [7, 11) is 1.30. The minimum absolute atomic E-state index is 0.0312. The number of nitrogens with zero attached hydrogens (tertiary/aromatic N) is 2. The summed E-state index contributed by atoms with van der Waals surface area (Å²) < 4.78 is 10.3. The zero-order valence-electron chi connectivity index (χ0n) is 14.7. The highest BCUT2D eigenvalue weighted by molar-refractivity contribution is 7.99. The number of aromatic nitrogens is 2. The molecule has 0 saturated carbocycles. The first-order valence-electron chi connectivity index (χ1n) is 8.04. The Kier molecular flexibility index (Phi) is 7.47. The minimum atomic E-state index is -0.676. The molecule has 0 spiro atoms. The highest BCUT2D eigenvalue weighted by atomic mass is 35.5. The molecule has 1 aromatic carbocycles. The summed E-state index contributed by atoms with van der Waals surface area (Å²) in [5, 5.41) is 11.4. The van der Waals surface area contributed by atoms with Crippen molar-refractivity contribution in [2.45, 2.75) is 31.5 Å². The summed E-state index contributed by atoms with van der Waals surface area (Å²) in [5.74, 6) is -0.406. The molecule has 26 heavy (non-hydrogen) atoms. The van der Waals surface area contributed by atoms with Gasteiger partial charge in [-0.05, 0) is 30.2 Å². The number of hydrogen-bond acceptors (Lipinski definition) is 7. The number of rotatable bonds is 8. The van der Waals surface area contributed by atoms with E-state index in [1.54, 1.807) is 24.3 Å². The topological polar surface area (TPSA) is 94.3 Å². The van der Waals surface area contributed by atoms with Crippen molar-refractivity contribution in [3.63, 3.8) is 0 Å². The van der Waals surface area contributed by atoms with E-state index < -0.39 is 12.0 Å². The van der Waals surface area contributed by atoms with Crippen molar-refractivity contribution in [1.82, 2.24) is 15.5 Å². The van der Waals surface area contributed by atoms with E-state index in [4.69, 9.17) is 20.8 Å². The number of halogens is 1. The molecule has 0 bridgehead atoms. The third-order valence-corrected chi connectivity index (χ3v) is 4.88. The van der Waals surface area contributed by atoms with Crippen molar-refractivity contribution in [3.05, 3.63) is 29.3 Å². The molecule has 1 amide bonds. The van der Waals surface area contributed by atoms with Gasteiger partial charge in [-0.2, -0.15) is 0 Å². The second-order valence-electron chi connectivity index (χ2n) is 5.62. The van der Waals surface area contributed by atoms with Crippen LogP contribution in [0.25, 0.3) is 11.5 Å². The molecule has 0 saturated heterocycles. The molecule has 7 nitrogen and oxygen atoms in total. The third-order valence-electron chi connectivity index (χ3n) is 3.81. The van der Waals surface area contributed by atoms with Gasteiger partial charge in [0.2, 0.25) is 11.8 Å². The Morgan fingerprint density at radius 2 is 2.00 bits per heavy atom. The van der Waals surface area contributed by atoms with Crippen LogP contribution in [0.4, 0.5) is 0 Å². The first kappa shape index (κ1) is 20.3. The maximum atomic E-state index is 12.1. The molecule has 2 atom stereocenters. The van der Waals surface area contributed by atoms with E-state index in [9.17, 15) is 9.59 Å². The van der Waals surface area contributed by atoms with E-state index in [-0.39, 0.29) is 22.8 Å². The molecule has 0 radical (unpaired) electrons. The molecular formula is C17H20ClN3O4S. The van der Waals surface area contributed by atoms with Gasteiger partial charge in [-0.15, -0.1) is 10.2 Å². The van der Waals surface area contributed by atoms with Crippen LogP contribution in [0, 0.1) is 5.92 Å². The predicted octanol–water partition coefficient (Wildman–Crippen LogP) is 3.19. The Hall–Kier alpha value is -2.06. The second-order valence-corrected chi connectivity index (χ2v) is 6.99. The average molecular weight is 398 g/mol.